The van der Waals surface area contributed by atoms with Crippen LogP contribution in [0.5, 0.6) is 0 Å². The summed E-state index contributed by atoms with van der Waals surface area (Å²) in [5, 5.41) is 0.351. The molecule has 0 saturated carbocycles. The number of nitrogens with zero attached hydrogens (tertiary/aromatic N) is 1. The van der Waals surface area contributed by atoms with Gasteiger partial charge in [-0.05, 0) is 26.7 Å². The van der Waals surface area contributed by atoms with Crippen LogP contribution in [0.25, 0.3) is 0 Å². The first-order chi connectivity index (χ1) is 7.74. The van der Waals surface area contributed by atoms with E-state index in [0.29, 0.717) is 18.4 Å². The predicted octanol–water partition coefficient (Wildman–Crippen LogP) is 2.45. The van der Waals surface area contributed by atoms with Crippen LogP contribution in [0.1, 0.15) is 27.7 Å². The number of Topliss-reactive ketones (excluding diaryl/α,β-unsaturated/α-hetero) is 1. The quantitative estimate of drug-likeness (QED) is 0.736. The molecule has 1 heterocycles. The Morgan fingerprint density at radius 3 is 2.41 bits per heavy atom. The van der Waals surface area contributed by atoms with Gasteiger partial charge in [0.2, 0.25) is 0 Å². The van der Waals surface area contributed by atoms with Crippen molar-refractivity contribution in [3.8, 4) is 0 Å². The summed E-state index contributed by atoms with van der Waals surface area (Å²) in [4.78, 5) is 25.1. The summed E-state index contributed by atoms with van der Waals surface area (Å²) in [7, 11) is 0. The molecule has 5 heteroatoms. The molecule has 1 rings (SSSR count). The van der Waals surface area contributed by atoms with Crippen molar-refractivity contribution in [2.24, 2.45) is 11.8 Å². The van der Waals surface area contributed by atoms with Gasteiger partial charge in [0, 0.05) is 19.0 Å². The van der Waals surface area contributed by atoms with Crippen LogP contribution in [0.2, 0.25) is 0 Å². The van der Waals surface area contributed by atoms with Gasteiger partial charge in [0.15, 0.2) is 0 Å². The van der Waals surface area contributed by atoms with E-state index >= 15 is 0 Å². The van der Waals surface area contributed by atoms with Gasteiger partial charge in [0.25, 0.3) is 0 Å². The molecule has 0 N–H and O–H groups in total. The topological polar surface area (TPSA) is 46.6 Å². The molecular formula is C12H20BrNO3. The van der Waals surface area contributed by atoms with Crippen LogP contribution in [-0.4, -0.2) is 40.8 Å². The van der Waals surface area contributed by atoms with Crippen molar-refractivity contribution >= 4 is 27.8 Å². The largest absolute Gasteiger partial charge is 0.444 e. The number of carbonyl (C=O) groups excluding carboxylic acids is 2. The lowest BCUT2D eigenvalue weighted by molar-refractivity contribution is -0.120. The molecular weight excluding hydrogens is 286 g/mol. The van der Waals surface area contributed by atoms with Gasteiger partial charge in [-0.3, -0.25) is 4.79 Å². The summed E-state index contributed by atoms with van der Waals surface area (Å²) < 4.78 is 5.30. The van der Waals surface area contributed by atoms with Gasteiger partial charge < -0.3 is 9.64 Å². The molecule has 1 fully saturated rings. The molecule has 2 unspecified atom stereocenters. The SMILES string of the molecule is CC1CN(C(=O)OC(C)(C)C)CC1C(=O)CBr. The van der Waals surface area contributed by atoms with Crippen LogP contribution in [0.4, 0.5) is 4.79 Å². The third kappa shape index (κ3) is 3.98. The minimum absolute atomic E-state index is 0.0677. The Kier molecular flexibility index (Phi) is 4.58. The molecule has 0 aliphatic carbocycles. The fourth-order valence-electron chi connectivity index (χ4n) is 1.96. The molecule has 1 aliphatic heterocycles. The van der Waals surface area contributed by atoms with Crippen LogP contribution < -0.4 is 0 Å². The number of likely N-dealkylation sites (tertiary alicyclic amines) is 1. The van der Waals surface area contributed by atoms with Gasteiger partial charge in [-0.2, -0.15) is 0 Å². The van der Waals surface area contributed by atoms with Crippen LogP contribution in [0.3, 0.4) is 0 Å². The first kappa shape index (κ1) is 14.5. The number of ketones is 1. The summed E-state index contributed by atoms with van der Waals surface area (Å²) in [5.41, 5.74) is -0.488. The second-order valence-corrected chi connectivity index (χ2v) is 6.13. The van der Waals surface area contributed by atoms with Gasteiger partial charge in [-0.1, -0.05) is 22.9 Å². The molecule has 98 valence electrons. The Hall–Kier alpha value is -0.580. The maximum atomic E-state index is 11.8. The molecule has 2 atom stereocenters. The van der Waals surface area contributed by atoms with E-state index in [-0.39, 0.29) is 23.7 Å². The Morgan fingerprint density at radius 1 is 1.35 bits per heavy atom. The molecule has 0 bridgehead atoms. The Balaban J connectivity index is 2.60. The highest BCUT2D eigenvalue weighted by molar-refractivity contribution is 9.09. The number of hydrogen-bond donors (Lipinski definition) is 0. The van der Waals surface area contributed by atoms with E-state index in [4.69, 9.17) is 4.74 Å². The summed E-state index contributed by atoms with van der Waals surface area (Å²) in [6.07, 6.45) is -0.325. The molecule has 0 radical (unpaired) electrons. The van der Waals surface area contributed by atoms with Crippen molar-refractivity contribution in [1.29, 1.82) is 0 Å². The minimum atomic E-state index is -0.488. The molecule has 1 amide bonds. The van der Waals surface area contributed by atoms with E-state index in [0.717, 1.165) is 0 Å². The first-order valence-electron chi connectivity index (χ1n) is 5.81. The molecule has 0 aromatic heterocycles. The van der Waals surface area contributed by atoms with E-state index in [2.05, 4.69) is 15.9 Å². The smallest absolute Gasteiger partial charge is 0.410 e. The molecule has 1 saturated heterocycles. The highest BCUT2D eigenvalue weighted by Crippen LogP contribution is 2.25. The summed E-state index contributed by atoms with van der Waals surface area (Å²) in [6.45, 7) is 8.58. The van der Waals surface area contributed by atoms with Gasteiger partial charge in [0.05, 0.1) is 5.33 Å². The van der Waals surface area contributed by atoms with E-state index in [1.165, 1.54) is 0 Å². The second-order valence-electron chi connectivity index (χ2n) is 5.57. The van der Waals surface area contributed by atoms with Gasteiger partial charge in [0.1, 0.15) is 11.4 Å². The number of rotatable bonds is 2. The standard InChI is InChI=1S/C12H20BrNO3/c1-8-6-14(7-9(8)10(15)5-13)11(16)17-12(2,3)4/h8-9H,5-7H2,1-4H3. The average molecular weight is 306 g/mol. The summed E-state index contributed by atoms with van der Waals surface area (Å²) in [5.74, 6) is 0.290. The Bertz CT molecular complexity index is 311. The highest BCUT2D eigenvalue weighted by Gasteiger charge is 2.37. The Morgan fingerprint density at radius 2 is 1.94 bits per heavy atom. The third-order valence-corrected chi connectivity index (χ3v) is 3.36. The van der Waals surface area contributed by atoms with Crippen molar-refractivity contribution in [3.05, 3.63) is 0 Å². The van der Waals surface area contributed by atoms with Gasteiger partial charge in [-0.15, -0.1) is 0 Å². The molecule has 0 aromatic rings. The van der Waals surface area contributed by atoms with E-state index in [9.17, 15) is 9.59 Å². The Labute approximate surface area is 111 Å². The molecule has 17 heavy (non-hydrogen) atoms. The minimum Gasteiger partial charge on any atom is -0.444 e. The van der Waals surface area contributed by atoms with Crippen molar-refractivity contribution in [3.63, 3.8) is 0 Å². The summed E-state index contributed by atoms with van der Waals surface area (Å²) in [6, 6.07) is 0. The normalized spacial score (nSPS) is 24.9. The van der Waals surface area contributed by atoms with Crippen LogP contribution in [0.15, 0.2) is 0 Å². The second kappa shape index (κ2) is 5.38. The lowest BCUT2D eigenvalue weighted by Gasteiger charge is -2.24. The number of ether oxygens (including phenoxy) is 1. The number of hydrogen-bond acceptors (Lipinski definition) is 3. The third-order valence-electron chi connectivity index (χ3n) is 2.81. The maximum Gasteiger partial charge on any atom is 0.410 e. The maximum absolute atomic E-state index is 11.8. The number of halogens is 1. The van der Waals surface area contributed by atoms with Crippen molar-refractivity contribution in [2.45, 2.75) is 33.3 Å². The zero-order valence-corrected chi connectivity index (χ0v) is 12.4. The van der Waals surface area contributed by atoms with E-state index in [1.54, 1.807) is 4.90 Å². The van der Waals surface area contributed by atoms with Crippen molar-refractivity contribution < 1.29 is 14.3 Å². The fourth-order valence-corrected chi connectivity index (χ4v) is 2.38. The molecule has 1 aliphatic rings. The number of amides is 1. The van der Waals surface area contributed by atoms with Crippen LogP contribution in [-0.2, 0) is 9.53 Å². The molecule has 0 spiro atoms. The predicted molar refractivity (Wildman–Crippen MR) is 69.3 cm³/mol. The first-order valence-corrected chi connectivity index (χ1v) is 6.93. The monoisotopic (exact) mass is 305 g/mol. The van der Waals surface area contributed by atoms with Crippen LogP contribution >= 0.6 is 15.9 Å². The zero-order valence-electron chi connectivity index (χ0n) is 10.8. The van der Waals surface area contributed by atoms with Crippen molar-refractivity contribution in [1.82, 2.24) is 4.90 Å². The number of alkyl halides is 1. The fraction of sp³-hybridized carbons (Fsp3) is 0.833. The number of carbonyl (C=O) groups is 2. The summed E-state index contributed by atoms with van der Waals surface area (Å²) >= 11 is 3.17. The lowest BCUT2D eigenvalue weighted by atomic mass is 9.95. The average Bonchev–Trinajstić information content (AvgIpc) is 2.57. The van der Waals surface area contributed by atoms with Gasteiger partial charge in [-0.25, -0.2) is 4.79 Å². The van der Waals surface area contributed by atoms with E-state index < -0.39 is 5.60 Å². The van der Waals surface area contributed by atoms with E-state index in [1.807, 2.05) is 27.7 Å². The van der Waals surface area contributed by atoms with Crippen LogP contribution in [0, 0.1) is 11.8 Å². The van der Waals surface area contributed by atoms with Gasteiger partial charge >= 0.3 is 6.09 Å². The molecule has 0 aromatic carbocycles. The zero-order chi connectivity index (χ0) is 13.2. The van der Waals surface area contributed by atoms with Crippen molar-refractivity contribution in [2.75, 3.05) is 18.4 Å². The highest BCUT2D eigenvalue weighted by atomic mass is 79.9. The lowest BCUT2D eigenvalue weighted by Crippen LogP contribution is -2.36. The molecule has 4 nitrogen and oxygen atoms in total.